The molecule has 0 saturated carbocycles. The molecule has 0 amide bonds. The molecule has 0 bridgehead atoms. The number of hydrogen-bond donors (Lipinski definition) is 1. The normalized spacial score (nSPS) is 10.8. The van der Waals surface area contributed by atoms with Crippen LogP contribution in [-0.4, -0.2) is 20.7 Å². The fraction of sp³-hybridized carbons (Fsp3) is 0.200. The van der Waals surface area contributed by atoms with Gasteiger partial charge in [-0.15, -0.1) is 0 Å². The highest BCUT2D eigenvalue weighted by Crippen LogP contribution is 2.19. The molecule has 5 nitrogen and oxygen atoms in total. The molecule has 2 heterocycles. The molecule has 0 unspecified atom stereocenters. The van der Waals surface area contributed by atoms with E-state index in [0.717, 1.165) is 12.1 Å². The Kier molecular flexibility index (Phi) is 5.58. The smallest absolute Gasteiger partial charge is 0.227 e. The molecule has 26 heavy (non-hydrogen) atoms. The van der Waals surface area contributed by atoms with Crippen LogP contribution < -0.4 is 5.32 Å². The van der Waals surface area contributed by atoms with Crippen LogP contribution >= 0.6 is 11.6 Å². The molecule has 0 radical (unpaired) electrons. The van der Waals surface area contributed by atoms with Crippen molar-refractivity contribution in [1.29, 1.82) is 0 Å². The molecule has 1 N–H and O–H groups in total. The number of halogens is 1. The number of ketones is 1. The topological polar surface area (TPSA) is 67.8 Å². The number of nitrogens with one attached hydrogen (secondary N) is 1. The van der Waals surface area contributed by atoms with E-state index >= 15 is 0 Å². The number of rotatable bonds is 6. The van der Waals surface area contributed by atoms with Crippen molar-refractivity contribution in [2.75, 3.05) is 5.32 Å². The summed E-state index contributed by atoms with van der Waals surface area (Å²) in [5.74, 6) is 0.817. The largest absolute Gasteiger partial charge is 0.324 e. The maximum absolute atomic E-state index is 12.4. The van der Waals surface area contributed by atoms with Gasteiger partial charge in [0.1, 0.15) is 0 Å². The number of pyridine rings is 1. The Balaban J connectivity index is 1.70. The van der Waals surface area contributed by atoms with Crippen LogP contribution in [0.15, 0.2) is 55.1 Å². The summed E-state index contributed by atoms with van der Waals surface area (Å²) >= 11 is 6.02. The monoisotopic (exact) mass is 366 g/mol. The van der Waals surface area contributed by atoms with Crippen molar-refractivity contribution in [2.24, 2.45) is 5.92 Å². The van der Waals surface area contributed by atoms with Gasteiger partial charge in [-0.3, -0.25) is 9.78 Å². The van der Waals surface area contributed by atoms with Crippen molar-refractivity contribution in [1.82, 2.24) is 15.0 Å². The van der Waals surface area contributed by atoms with Crippen LogP contribution in [0.5, 0.6) is 0 Å². The Hall–Kier alpha value is -2.79. The number of nitrogens with zero attached hydrogens (tertiary/aromatic N) is 3. The molecule has 0 atom stereocenters. The Morgan fingerprint density at radius 3 is 2.38 bits per heavy atom. The zero-order valence-electron chi connectivity index (χ0n) is 14.6. The number of benzene rings is 1. The predicted octanol–water partition coefficient (Wildman–Crippen LogP) is 4.70. The summed E-state index contributed by atoms with van der Waals surface area (Å²) < 4.78 is 0. The van der Waals surface area contributed by atoms with E-state index in [2.05, 4.69) is 46.2 Å². The molecule has 0 fully saturated rings. The number of carbonyl (C=O) groups excluding carboxylic acids is 1. The third-order valence-corrected chi connectivity index (χ3v) is 4.09. The number of hydrogen-bond acceptors (Lipinski definition) is 5. The predicted molar refractivity (Wildman–Crippen MR) is 103 cm³/mol. The van der Waals surface area contributed by atoms with Gasteiger partial charge in [0.05, 0.1) is 10.6 Å². The van der Waals surface area contributed by atoms with E-state index in [4.69, 9.17) is 11.6 Å². The average Bonchev–Trinajstić information content (AvgIpc) is 2.63. The minimum Gasteiger partial charge on any atom is -0.324 e. The Labute approximate surface area is 157 Å². The summed E-state index contributed by atoms with van der Waals surface area (Å²) in [4.78, 5) is 24.8. The van der Waals surface area contributed by atoms with Gasteiger partial charge in [0, 0.05) is 36.0 Å². The van der Waals surface area contributed by atoms with Crippen LogP contribution in [0.25, 0.3) is 0 Å². The van der Waals surface area contributed by atoms with Crippen LogP contribution in [0.1, 0.15) is 35.3 Å². The summed E-state index contributed by atoms with van der Waals surface area (Å²) in [7, 11) is 0. The van der Waals surface area contributed by atoms with E-state index < -0.39 is 0 Å². The summed E-state index contributed by atoms with van der Waals surface area (Å²) in [5.41, 5.74) is 2.94. The van der Waals surface area contributed by atoms with Crippen molar-refractivity contribution >= 4 is 29.0 Å². The molecule has 0 aliphatic rings. The molecule has 3 rings (SSSR count). The van der Waals surface area contributed by atoms with Gasteiger partial charge in [0.15, 0.2) is 5.78 Å². The molecule has 6 heteroatoms. The highest BCUT2D eigenvalue weighted by atomic mass is 35.5. The van der Waals surface area contributed by atoms with Gasteiger partial charge in [-0.1, -0.05) is 37.6 Å². The average molecular weight is 367 g/mol. The lowest BCUT2D eigenvalue weighted by atomic mass is 10.0. The highest BCUT2D eigenvalue weighted by molar-refractivity contribution is 6.34. The van der Waals surface area contributed by atoms with Crippen LogP contribution in [0, 0.1) is 5.92 Å². The minimum atomic E-state index is -0.234. The van der Waals surface area contributed by atoms with E-state index in [9.17, 15) is 4.79 Å². The van der Waals surface area contributed by atoms with Crippen LogP contribution in [0.4, 0.5) is 11.6 Å². The lowest BCUT2D eigenvalue weighted by Gasteiger charge is -2.08. The first-order valence-electron chi connectivity index (χ1n) is 8.35. The fourth-order valence-electron chi connectivity index (χ4n) is 2.55. The van der Waals surface area contributed by atoms with E-state index in [1.807, 2.05) is 12.1 Å². The summed E-state index contributed by atoms with van der Waals surface area (Å²) in [6.45, 7) is 4.39. The van der Waals surface area contributed by atoms with E-state index in [0.29, 0.717) is 28.0 Å². The number of anilines is 2. The van der Waals surface area contributed by atoms with E-state index in [-0.39, 0.29) is 5.78 Å². The van der Waals surface area contributed by atoms with Crippen molar-refractivity contribution in [3.63, 3.8) is 0 Å². The van der Waals surface area contributed by atoms with Crippen molar-refractivity contribution < 1.29 is 4.79 Å². The lowest BCUT2D eigenvalue weighted by Crippen LogP contribution is -2.05. The number of carbonyl (C=O) groups is 1. The van der Waals surface area contributed by atoms with Crippen LogP contribution in [0.2, 0.25) is 5.02 Å². The second kappa shape index (κ2) is 8.06. The van der Waals surface area contributed by atoms with E-state index in [1.54, 1.807) is 6.07 Å². The zero-order chi connectivity index (χ0) is 18.5. The molecular weight excluding hydrogens is 348 g/mol. The summed E-state index contributed by atoms with van der Waals surface area (Å²) in [6.07, 6.45) is 6.99. The van der Waals surface area contributed by atoms with Crippen LogP contribution in [0.3, 0.4) is 0 Å². The maximum Gasteiger partial charge on any atom is 0.227 e. The van der Waals surface area contributed by atoms with Gasteiger partial charge in [0.25, 0.3) is 0 Å². The molecule has 0 aliphatic carbocycles. The van der Waals surface area contributed by atoms with Crippen molar-refractivity contribution in [3.8, 4) is 0 Å². The van der Waals surface area contributed by atoms with Gasteiger partial charge in [-0.2, -0.15) is 0 Å². The quantitative estimate of drug-likeness (QED) is 0.640. The van der Waals surface area contributed by atoms with Gasteiger partial charge in [-0.25, -0.2) is 9.97 Å². The second-order valence-electron chi connectivity index (χ2n) is 6.40. The molecule has 0 spiro atoms. The zero-order valence-corrected chi connectivity index (χ0v) is 15.4. The Morgan fingerprint density at radius 2 is 1.77 bits per heavy atom. The molecule has 3 aromatic rings. The first kappa shape index (κ1) is 18.0. The minimum absolute atomic E-state index is 0.234. The van der Waals surface area contributed by atoms with Crippen molar-refractivity contribution in [3.05, 3.63) is 76.8 Å². The molecule has 1 aromatic carbocycles. The van der Waals surface area contributed by atoms with Gasteiger partial charge in [0.2, 0.25) is 5.95 Å². The molecule has 0 saturated heterocycles. The third kappa shape index (κ3) is 4.43. The summed E-state index contributed by atoms with van der Waals surface area (Å²) in [5, 5.41) is 3.44. The SMILES string of the molecule is CC(C)Cc1ccc(Nc2ncc(C(=O)c3ccncc3Cl)cn2)cc1. The Morgan fingerprint density at radius 1 is 1.08 bits per heavy atom. The third-order valence-electron chi connectivity index (χ3n) is 3.79. The highest BCUT2D eigenvalue weighted by Gasteiger charge is 2.13. The molecule has 132 valence electrons. The van der Waals surface area contributed by atoms with Gasteiger partial charge >= 0.3 is 0 Å². The standard InChI is InChI=1S/C20H19ClN4O/c1-13(2)9-14-3-5-16(6-4-14)25-20-23-10-15(11-24-20)19(26)17-7-8-22-12-18(17)21/h3-8,10-13H,9H2,1-2H3,(H,23,24,25). The second-order valence-corrected chi connectivity index (χ2v) is 6.81. The maximum atomic E-state index is 12.4. The molecule has 0 aliphatic heterocycles. The van der Waals surface area contributed by atoms with E-state index in [1.165, 1.54) is 30.4 Å². The molecular formula is C20H19ClN4O. The first-order chi connectivity index (χ1) is 12.5. The van der Waals surface area contributed by atoms with Crippen molar-refractivity contribution in [2.45, 2.75) is 20.3 Å². The first-order valence-corrected chi connectivity index (χ1v) is 8.73. The number of aromatic nitrogens is 3. The lowest BCUT2D eigenvalue weighted by molar-refractivity contribution is 0.103. The fourth-order valence-corrected chi connectivity index (χ4v) is 2.75. The molecule has 2 aromatic heterocycles. The van der Waals surface area contributed by atoms with Crippen LogP contribution in [-0.2, 0) is 6.42 Å². The van der Waals surface area contributed by atoms with Gasteiger partial charge in [-0.05, 0) is 36.1 Å². The van der Waals surface area contributed by atoms with Gasteiger partial charge < -0.3 is 5.32 Å². The summed E-state index contributed by atoms with van der Waals surface area (Å²) in [6, 6.07) is 9.75. The Bertz CT molecular complexity index is 892.